The summed E-state index contributed by atoms with van der Waals surface area (Å²) in [7, 11) is 0. The van der Waals surface area contributed by atoms with E-state index in [0.717, 1.165) is 33.7 Å². The van der Waals surface area contributed by atoms with Gasteiger partial charge in [0.25, 0.3) is 0 Å². The van der Waals surface area contributed by atoms with Crippen molar-refractivity contribution in [2.24, 2.45) is 4.99 Å². The highest BCUT2D eigenvalue weighted by Gasteiger charge is 2.16. The lowest BCUT2D eigenvalue weighted by Gasteiger charge is -2.04. The molecule has 0 amide bonds. The van der Waals surface area contributed by atoms with Crippen molar-refractivity contribution < 1.29 is 0 Å². The van der Waals surface area contributed by atoms with Crippen molar-refractivity contribution in [2.45, 2.75) is 13.8 Å². The maximum absolute atomic E-state index is 5.05. The summed E-state index contributed by atoms with van der Waals surface area (Å²) in [6, 6.07) is 27.2. The number of rotatable bonds is 3. The fourth-order valence-corrected chi connectivity index (χ4v) is 3.69. The number of hydrogen-bond donors (Lipinski definition) is 0. The van der Waals surface area contributed by atoms with Crippen molar-refractivity contribution in [1.29, 1.82) is 0 Å². The molecule has 3 heteroatoms. The van der Waals surface area contributed by atoms with Gasteiger partial charge < -0.3 is 0 Å². The van der Waals surface area contributed by atoms with Crippen molar-refractivity contribution >= 4 is 28.5 Å². The zero-order chi connectivity index (χ0) is 19.8. The number of hydrogen-bond acceptors (Lipinski definition) is 2. The van der Waals surface area contributed by atoms with E-state index in [0.29, 0.717) is 0 Å². The second-order valence-corrected chi connectivity index (χ2v) is 7.36. The van der Waals surface area contributed by atoms with Gasteiger partial charge in [0.2, 0.25) is 0 Å². The SMILES string of the molecule is Cc1ccc(C=Nc2c(-c3ccccc3C)nc3c4ccccc4ccn23)cc1. The van der Waals surface area contributed by atoms with Gasteiger partial charge in [-0.05, 0) is 36.4 Å². The number of benzene rings is 3. The Morgan fingerprint density at radius 2 is 1.59 bits per heavy atom. The Labute approximate surface area is 170 Å². The lowest BCUT2D eigenvalue weighted by atomic mass is 10.1. The maximum atomic E-state index is 5.05. The van der Waals surface area contributed by atoms with E-state index < -0.39 is 0 Å². The lowest BCUT2D eigenvalue weighted by Crippen LogP contribution is -1.87. The van der Waals surface area contributed by atoms with Gasteiger partial charge in [-0.2, -0.15) is 0 Å². The summed E-state index contributed by atoms with van der Waals surface area (Å²) in [5, 5.41) is 2.30. The Morgan fingerprint density at radius 1 is 0.828 bits per heavy atom. The van der Waals surface area contributed by atoms with Crippen molar-refractivity contribution in [3.8, 4) is 11.3 Å². The van der Waals surface area contributed by atoms with E-state index in [1.165, 1.54) is 16.5 Å². The van der Waals surface area contributed by atoms with Crippen molar-refractivity contribution in [2.75, 3.05) is 0 Å². The van der Waals surface area contributed by atoms with E-state index >= 15 is 0 Å². The van der Waals surface area contributed by atoms with Gasteiger partial charge in [0.15, 0.2) is 5.82 Å². The van der Waals surface area contributed by atoms with Crippen LogP contribution in [0.5, 0.6) is 0 Å². The third kappa shape index (κ3) is 3.11. The minimum absolute atomic E-state index is 0.848. The van der Waals surface area contributed by atoms with Crippen LogP contribution in [-0.4, -0.2) is 15.6 Å². The van der Waals surface area contributed by atoms with E-state index in [1.807, 2.05) is 6.21 Å². The molecule has 0 radical (unpaired) electrons. The van der Waals surface area contributed by atoms with Crippen LogP contribution in [0.3, 0.4) is 0 Å². The summed E-state index contributed by atoms with van der Waals surface area (Å²) in [5.41, 5.74) is 6.44. The number of pyridine rings is 1. The van der Waals surface area contributed by atoms with E-state index in [9.17, 15) is 0 Å². The molecule has 29 heavy (non-hydrogen) atoms. The zero-order valence-electron chi connectivity index (χ0n) is 16.5. The van der Waals surface area contributed by atoms with Crippen molar-refractivity contribution in [1.82, 2.24) is 9.38 Å². The Hall–Kier alpha value is -3.72. The Morgan fingerprint density at radius 3 is 2.41 bits per heavy atom. The lowest BCUT2D eigenvalue weighted by molar-refractivity contribution is 1.18. The smallest absolute Gasteiger partial charge is 0.165 e. The number of aliphatic imine (C=N–C) groups is 1. The van der Waals surface area contributed by atoms with Crippen LogP contribution in [0.25, 0.3) is 27.7 Å². The van der Waals surface area contributed by atoms with Crippen molar-refractivity contribution in [3.05, 3.63) is 102 Å². The average Bonchev–Trinajstić information content (AvgIpc) is 3.12. The van der Waals surface area contributed by atoms with Crippen LogP contribution in [0.15, 0.2) is 90.1 Å². The maximum Gasteiger partial charge on any atom is 0.165 e. The molecule has 5 rings (SSSR count). The second-order valence-electron chi connectivity index (χ2n) is 7.36. The highest BCUT2D eigenvalue weighted by Crippen LogP contribution is 2.35. The van der Waals surface area contributed by atoms with Gasteiger partial charge >= 0.3 is 0 Å². The number of aromatic nitrogens is 2. The summed E-state index contributed by atoms with van der Waals surface area (Å²) in [5.74, 6) is 0.848. The van der Waals surface area contributed by atoms with E-state index in [1.54, 1.807) is 0 Å². The largest absolute Gasteiger partial charge is 0.284 e. The standard InChI is InChI=1S/C26H21N3/c1-18-11-13-20(14-12-18)17-27-26-24(22-9-5-3-7-19(22)2)28-25-23-10-6-4-8-21(23)15-16-29(25)26/h3-17H,1-2H3. The van der Waals surface area contributed by atoms with Crippen LogP contribution < -0.4 is 0 Å². The Balaban J connectivity index is 1.77. The first-order valence-corrected chi connectivity index (χ1v) is 9.77. The number of imidazole rings is 1. The molecular formula is C26H21N3. The summed E-state index contributed by atoms with van der Waals surface area (Å²) >= 11 is 0. The molecule has 0 atom stereocenters. The molecule has 0 aliphatic carbocycles. The minimum Gasteiger partial charge on any atom is -0.284 e. The molecule has 0 unspecified atom stereocenters. The van der Waals surface area contributed by atoms with Crippen LogP contribution in [0, 0.1) is 13.8 Å². The normalized spacial score (nSPS) is 11.7. The quantitative estimate of drug-likeness (QED) is 0.330. The summed E-state index contributed by atoms with van der Waals surface area (Å²) in [6.07, 6.45) is 3.98. The third-order valence-corrected chi connectivity index (χ3v) is 5.30. The summed E-state index contributed by atoms with van der Waals surface area (Å²) in [4.78, 5) is 9.94. The molecule has 0 bridgehead atoms. The molecule has 3 aromatic carbocycles. The van der Waals surface area contributed by atoms with E-state index in [-0.39, 0.29) is 0 Å². The van der Waals surface area contributed by atoms with Crippen molar-refractivity contribution in [3.63, 3.8) is 0 Å². The van der Waals surface area contributed by atoms with Gasteiger partial charge in [-0.25, -0.2) is 9.98 Å². The van der Waals surface area contributed by atoms with E-state index in [2.05, 4.69) is 103 Å². The topological polar surface area (TPSA) is 29.7 Å². The molecule has 0 saturated carbocycles. The van der Waals surface area contributed by atoms with Gasteiger partial charge in [-0.1, -0.05) is 78.4 Å². The molecule has 3 nitrogen and oxygen atoms in total. The Bertz CT molecular complexity index is 1360. The van der Waals surface area contributed by atoms with Gasteiger partial charge in [0.1, 0.15) is 11.3 Å². The van der Waals surface area contributed by atoms with Crippen LogP contribution in [0.1, 0.15) is 16.7 Å². The van der Waals surface area contributed by atoms with Crippen LogP contribution in [-0.2, 0) is 0 Å². The first-order chi connectivity index (χ1) is 14.2. The van der Waals surface area contributed by atoms with Gasteiger partial charge in [-0.15, -0.1) is 0 Å². The predicted octanol–water partition coefficient (Wildman–Crippen LogP) is 6.52. The molecule has 0 spiro atoms. The molecule has 0 fully saturated rings. The molecule has 0 N–H and O–H groups in total. The second kappa shape index (κ2) is 7.02. The summed E-state index contributed by atoms with van der Waals surface area (Å²) in [6.45, 7) is 4.21. The molecule has 2 aromatic heterocycles. The first kappa shape index (κ1) is 17.4. The molecule has 0 saturated heterocycles. The predicted molar refractivity (Wildman–Crippen MR) is 121 cm³/mol. The third-order valence-electron chi connectivity index (χ3n) is 5.30. The number of nitrogens with zero attached hydrogens (tertiary/aromatic N) is 3. The molecular weight excluding hydrogens is 354 g/mol. The van der Waals surface area contributed by atoms with Gasteiger partial charge in [-0.3, -0.25) is 4.40 Å². The minimum atomic E-state index is 0.848. The zero-order valence-corrected chi connectivity index (χ0v) is 16.5. The molecule has 0 aliphatic rings. The monoisotopic (exact) mass is 375 g/mol. The van der Waals surface area contributed by atoms with Crippen LogP contribution in [0.4, 0.5) is 5.82 Å². The van der Waals surface area contributed by atoms with Gasteiger partial charge in [0, 0.05) is 23.4 Å². The first-order valence-electron chi connectivity index (χ1n) is 9.77. The number of fused-ring (bicyclic) bond motifs is 3. The highest BCUT2D eigenvalue weighted by molar-refractivity contribution is 5.97. The highest BCUT2D eigenvalue weighted by atomic mass is 15.1. The fourth-order valence-electron chi connectivity index (χ4n) is 3.69. The van der Waals surface area contributed by atoms with Crippen LogP contribution in [0.2, 0.25) is 0 Å². The van der Waals surface area contributed by atoms with Crippen LogP contribution >= 0.6 is 0 Å². The fraction of sp³-hybridized carbons (Fsp3) is 0.0769. The molecule has 0 aliphatic heterocycles. The average molecular weight is 375 g/mol. The molecule has 5 aromatic rings. The molecule has 140 valence electrons. The van der Waals surface area contributed by atoms with E-state index in [4.69, 9.17) is 9.98 Å². The summed E-state index contributed by atoms with van der Waals surface area (Å²) < 4.78 is 2.09. The number of aryl methyl sites for hydroxylation is 2. The van der Waals surface area contributed by atoms with Gasteiger partial charge in [0.05, 0.1) is 0 Å². The molecule has 2 heterocycles. The Kier molecular flexibility index (Phi) is 4.21.